The predicted molar refractivity (Wildman–Crippen MR) is 103 cm³/mol. The summed E-state index contributed by atoms with van der Waals surface area (Å²) in [7, 11) is 1.81. The van der Waals surface area contributed by atoms with E-state index in [1.165, 1.54) is 0 Å². The van der Waals surface area contributed by atoms with Gasteiger partial charge in [-0.05, 0) is 63.8 Å². The molecule has 2 aliphatic rings. The summed E-state index contributed by atoms with van der Waals surface area (Å²) in [5.41, 5.74) is 0.750. The lowest BCUT2D eigenvalue weighted by Crippen LogP contribution is -2.49. The zero-order valence-corrected chi connectivity index (χ0v) is 16.3. The fourth-order valence-corrected chi connectivity index (χ4v) is 4.04. The number of likely N-dealkylation sites (tertiary alicyclic amines) is 2. The largest absolute Gasteiger partial charge is 0.491 e. The fourth-order valence-electron chi connectivity index (χ4n) is 4.04. The maximum absolute atomic E-state index is 12.8. The third-order valence-corrected chi connectivity index (χ3v) is 5.55. The van der Waals surface area contributed by atoms with E-state index in [0.29, 0.717) is 12.1 Å². The molecule has 5 nitrogen and oxygen atoms in total. The Morgan fingerprint density at radius 2 is 1.62 bits per heavy atom. The molecule has 0 spiro atoms. The standard InChI is InChI=1S/C21H32N2O3/c1-16(2)26-20-6-4-17(5-7-20)21(24)23-12-8-18(9-13-23)22-14-10-19(25-3)11-15-22/h4-7,16,18-19H,8-15H2,1-3H3. The van der Waals surface area contributed by atoms with Gasteiger partial charge in [0.1, 0.15) is 5.75 Å². The lowest BCUT2D eigenvalue weighted by Gasteiger charge is -2.41. The van der Waals surface area contributed by atoms with Gasteiger partial charge in [0.05, 0.1) is 12.2 Å². The maximum Gasteiger partial charge on any atom is 0.253 e. The van der Waals surface area contributed by atoms with E-state index in [-0.39, 0.29) is 12.0 Å². The highest BCUT2D eigenvalue weighted by Crippen LogP contribution is 2.23. The van der Waals surface area contributed by atoms with Gasteiger partial charge in [0.15, 0.2) is 0 Å². The van der Waals surface area contributed by atoms with Crippen molar-refractivity contribution in [1.82, 2.24) is 9.80 Å². The summed E-state index contributed by atoms with van der Waals surface area (Å²) in [6, 6.07) is 8.14. The Balaban J connectivity index is 1.49. The maximum atomic E-state index is 12.8. The Hall–Kier alpha value is -1.59. The number of piperidine rings is 2. The van der Waals surface area contributed by atoms with E-state index in [1.54, 1.807) is 0 Å². The third-order valence-electron chi connectivity index (χ3n) is 5.55. The molecule has 26 heavy (non-hydrogen) atoms. The SMILES string of the molecule is COC1CCN(C2CCN(C(=O)c3ccc(OC(C)C)cc3)CC2)CC1. The monoisotopic (exact) mass is 360 g/mol. The lowest BCUT2D eigenvalue weighted by molar-refractivity contribution is 0.0145. The van der Waals surface area contributed by atoms with Crippen molar-refractivity contribution in [2.75, 3.05) is 33.3 Å². The number of ether oxygens (including phenoxy) is 2. The van der Waals surface area contributed by atoms with Gasteiger partial charge < -0.3 is 19.3 Å². The topological polar surface area (TPSA) is 42.0 Å². The molecule has 2 aliphatic heterocycles. The van der Waals surface area contributed by atoms with Crippen molar-refractivity contribution in [3.05, 3.63) is 29.8 Å². The highest BCUT2D eigenvalue weighted by molar-refractivity contribution is 5.94. The van der Waals surface area contributed by atoms with Gasteiger partial charge in [0, 0.05) is 44.9 Å². The van der Waals surface area contributed by atoms with E-state index in [2.05, 4.69) is 4.90 Å². The zero-order chi connectivity index (χ0) is 18.5. The number of amides is 1. The smallest absolute Gasteiger partial charge is 0.253 e. The summed E-state index contributed by atoms with van der Waals surface area (Å²) >= 11 is 0. The highest BCUT2D eigenvalue weighted by Gasteiger charge is 2.29. The molecular formula is C21H32N2O3. The van der Waals surface area contributed by atoms with Crippen LogP contribution in [-0.2, 0) is 4.74 Å². The first-order valence-corrected chi connectivity index (χ1v) is 9.89. The van der Waals surface area contributed by atoms with Crippen molar-refractivity contribution >= 4 is 5.91 Å². The van der Waals surface area contributed by atoms with Crippen LogP contribution in [-0.4, -0.2) is 67.2 Å². The van der Waals surface area contributed by atoms with Crippen LogP contribution >= 0.6 is 0 Å². The molecule has 2 fully saturated rings. The van der Waals surface area contributed by atoms with Gasteiger partial charge in [-0.2, -0.15) is 0 Å². The van der Waals surface area contributed by atoms with Crippen LogP contribution in [0.1, 0.15) is 49.9 Å². The lowest BCUT2D eigenvalue weighted by atomic mass is 9.98. The second kappa shape index (κ2) is 8.87. The van der Waals surface area contributed by atoms with Gasteiger partial charge in [-0.3, -0.25) is 4.79 Å². The minimum atomic E-state index is 0.137. The predicted octanol–water partition coefficient (Wildman–Crippen LogP) is 3.19. The first-order valence-electron chi connectivity index (χ1n) is 9.89. The van der Waals surface area contributed by atoms with Gasteiger partial charge in [0.25, 0.3) is 5.91 Å². The van der Waals surface area contributed by atoms with E-state index in [4.69, 9.17) is 9.47 Å². The normalized spacial score (nSPS) is 20.5. The Morgan fingerprint density at radius 1 is 1.00 bits per heavy atom. The van der Waals surface area contributed by atoms with Crippen molar-refractivity contribution in [1.29, 1.82) is 0 Å². The third kappa shape index (κ3) is 4.77. The summed E-state index contributed by atoms with van der Waals surface area (Å²) in [6.45, 7) is 7.93. The molecule has 2 heterocycles. The van der Waals surface area contributed by atoms with Crippen molar-refractivity contribution in [3.8, 4) is 5.75 Å². The number of hydrogen-bond acceptors (Lipinski definition) is 4. The van der Waals surface area contributed by atoms with Gasteiger partial charge in [-0.25, -0.2) is 0 Å². The molecule has 0 radical (unpaired) electrons. The van der Waals surface area contributed by atoms with Crippen LogP contribution < -0.4 is 4.74 Å². The van der Waals surface area contributed by atoms with Gasteiger partial charge >= 0.3 is 0 Å². The molecule has 0 N–H and O–H groups in total. The average molecular weight is 360 g/mol. The molecule has 1 aromatic carbocycles. The second-order valence-electron chi connectivity index (χ2n) is 7.69. The highest BCUT2D eigenvalue weighted by atomic mass is 16.5. The van der Waals surface area contributed by atoms with Crippen LogP contribution in [0.2, 0.25) is 0 Å². The van der Waals surface area contributed by atoms with E-state index in [1.807, 2.05) is 50.1 Å². The van der Waals surface area contributed by atoms with Crippen LogP contribution in [0.3, 0.4) is 0 Å². The Morgan fingerprint density at radius 3 is 2.15 bits per heavy atom. The van der Waals surface area contributed by atoms with Crippen molar-refractivity contribution in [3.63, 3.8) is 0 Å². The molecular weight excluding hydrogens is 328 g/mol. The number of rotatable bonds is 5. The summed E-state index contributed by atoms with van der Waals surface area (Å²) in [5, 5.41) is 0. The number of carbonyl (C=O) groups excluding carboxylic acids is 1. The number of hydrogen-bond donors (Lipinski definition) is 0. The van der Waals surface area contributed by atoms with Gasteiger partial charge in [-0.15, -0.1) is 0 Å². The van der Waals surface area contributed by atoms with E-state index in [9.17, 15) is 4.79 Å². The molecule has 0 aromatic heterocycles. The van der Waals surface area contributed by atoms with Crippen molar-refractivity contribution < 1.29 is 14.3 Å². The molecule has 0 atom stereocenters. The van der Waals surface area contributed by atoms with E-state index >= 15 is 0 Å². The van der Waals surface area contributed by atoms with E-state index in [0.717, 1.165) is 63.2 Å². The number of carbonyl (C=O) groups is 1. The zero-order valence-electron chi connectivity index (χ0n) is 16.3. The first-order chi connectivity index (χ1) is 12.6. The summed E-state index contributed by atoms with van der Waals surface area (Å²) in [5.74, 6) is 0.951. The molecule has 1 aromatic rings. The van der Waals surface area contributed by atoms with Gasteiger partial charge in [-0.1, -0.05) is 0 Å². The molecule has 3 rings (SSSR count). The number of benzene rings is 1. The molecule has 0 aliphatic carbocycles. The van der Waals surface area contributed by atoms with Gasteiger partial charge in [0.2, 0.25) is 0 Å². The Bertz CT molecular complexity index is 571. The summed E-state index contributed by atoms with van der Waals surface area (Å²) in [6.07, 6.45) is 4.96. The van der Waals surface area contributed by atoms with E-state index < -0.39 is 0 Å². The van der Waals surface area contributed by atoms with Crippen LogP contribution in [0.25, 0.3) is 0 Å². The van der Waals surface area contributed by atoms with Crippen LogP contribution in [0.15, 0.2) is 24.3 Å². The minimum Gasteiger partial charge on any atom is -0.491 e. The quantitative estimate of drug-likeness (QED) is 0.809. The van der Waals surface area contributed by atoms with Crippen LogP contribution in [0.5, 0.6) is 5.75 Å². The van der Waals surface area contributed by atoms with Crippen molar-refractivity contribution in [2.45, 2.75) is 57.8 Å². The van der Waals surface area contributed by atoms with Crippen LogP contribution in [0, 0.1) is 0 Å². The molecule has 0 bridgehead atoms. The van der Waals surface area contributed by atoms with Crippen molar-refractivity contribution in [2.24, 2.45) is 0 Å². The fraction of sp³-hybridized carbons (Fsp3) is 0.667. The average Bonchev–Trinajstić information content (AvgIpc) is 2.68. The Kier molecular flexibility index (Phi) is 6.54. The molecule has 1 amide bonds. The molecule has 144 valence electrons. The van der Waals surface area contributed by atoms with Crippen LogP contribution in [0.4, 0.5) is 0 Å². The minimum absolute atomic E-state index is 0.137. The number of methoxy groups -OCH3 is 1. The summed E-state index contributed by atoms with van der Waals surface area (Å²) < 4.78 is 11.1. The number of nitrogens with zero attached hydrogens (tertiary/aromatic N) is 2. The Labute approximate surface area is 157 Å². The molecule has 5 heteroatoms. The molecule has 0 unspecified atom stereocenters. The molecule has 2 saturated heterocycles. The molecule has 0 saturated carbocycles. The second-order valence-corrected chi connectivity index (χ2v) is 7.69. The first kappa shape index (κ1) is 19.2. The summed E-state index contributed by atoms with van der Waals surface area (Å²) in [4.78, 5) is 17.3.